The molecule has 1 rings (SSSR count). The average Bonchev–Trinajstić information content (AvgIpc) is 2.25. The molecule has 3 nitrogen and oxygen atoms in total. The van der Waals surface area contributed by atoms with Crippen LogP contribution in [0.3, 0.4) is 0 Å². The Hall–Kier alpha value is -0.870. The normalized spacial score (nSPS) is 12.6. The lowest BCUT2D eigenvalue weighted by Gasteiger charge is -2.16. The predicted octanol–water partition coefficient (Wildman–Crippen LogP) is 2.93. The van der Waals surface area contributed by atoms with E-state index in [1.54, 1.807) is 18.2 Å². The first kappa shape index (κ1) is 13.2. The van der Waals surface area contributed by atoms with E-state index in [9.17, 15) is 9.90 Å². The molecule has 0 heterocycles. The number of halogens is 1. The molecule has 0 bridgehead atoms. The molecule has 1 aromatic rings. The van der Waals surface area contributed by atoms with Gasteiger partial charge >= 0.3 is 5.97 Å². The van der Waals surface area contributed by atoms with E-state index in [4.69, 9.17) is 0 Å². The van der Waals surface area contributed by atoms with Crippen LogP contribution in [-0.4, -0.2) is 18.2 Å². The Balaban J connectivity index is 3.12. The number of methoxy groups -OCH3 is 1. The van der Waals surface area contributed by atoms with Crippen LogP contribution in [0.25, 0.3) is 0 Å². The van der Waals surface area contributed by atoms with E-state index in [1.165, 1.54) is 7.11 Å². The summed E-state index contributed by atoms with van der Waals surface area (Å²) in [7, 11) is 1.34. The van der Waals surface area contributed by atoms with Gasteiger partial charge in [-0.05, 0) is 29.7 Å². The van der Waals surface area contributed by atoms with Gasteiger partial charge in [0.05, 0.1) is 18.8 Å². The van der Waals surface area contributed by atoms with Crippen LogP contribution in [0.2, 0.25) is 0 Å². The zero-order valence-corrected chi connectivity index (χ0v) is 11.1. The molecule has 1 atom stereocenters. The summed E-state index contributed by atoms with van der Waals surface area (Å²) in [5.74, 6) is -0.307. The Bertz CT molecular complexity index is 388. The molecule has 0 spiro atoms. The van der Waals surface area contributed by atoms with Crippen molar-refractivity contribution in [2.24, 2.45) is 5.92 Å². The fraction of sp³-hybridized carbons (Fsp3) is 0.417. The quantitative estimate of drug-likeness (QED) is 0.869. The molecule has 88 valence electrons. The zero-order valence-electron chi connectivity index (χ0n) is 9.53. The number of ether oxygens (including phenoxy) is 1. The summed E-state index contributed by atoms with van der Waals surface area (Å²) in [6.45, 7) is 3.84. The van der Waals surface area contributed by atoms with Crippen LogP contribution >= 0.6 is 15.9 Å². The number of hydrogen-bond donors (Lipinski definition) is 1. The van der Waals surface area contributed by atoms with Crippen LogP contribution in [0, 0.1) is 5.92 Å². The first-order valence-electron chi connectivity index (χ1n) is 5.02. The van der Waals surface area contributed by atoms with Crippen molar-refractivity contribution in [3.8, 4) is 0 Å². The van der Waals surface area contributed by atoms with Crippen molar-refractivity contribution < 1.29 is 14.6 Å². The molecule has 4 heteroatoms. The van der Waals surface area contributed by atoms with Crippen LogP contribution in [0.5, 0.6) is 0 Å². The lowest BCUT2D eigenvalue weighted by Crippen LogP contribution is -2.08. The molecule has 0 aromatic heterocycles. The molecular weight excluding hydrogens is 272 g/mol. The highest BCUT2D eigenvalue weighted by Gasteiger charge is 2.15. The average molecular weight is 287 g/mol. The fourth-order valence-electron chi connectivity index (χ4n) is 1.40. The fourth-order valence-corrected chi connectivity index (χ4v) is 1.91. The zero-order chi connectivity index (χ0) is 12.3. The van der Waals surface area contributed by atoms with Gasteiger partial charge in [0, 0.05) is 4.47 Å². The van der Waals surface area contributed by atoms with Crippen LogP contribution in [-0.2, 0) is 4.74 Å². The van der Waals surface area contributed by atoms with Crippen molar-refractivity contribution in [2.75, 3.05) is 7.11 Å². The van der Waals surface area contributed by atoms with Crippen molar-refractivity contribution in [1.29, 1.82) is 0 Å². The lowest BCUT2D eigenvalue weighted by molar-refractivity contribution is 0.0600. The number of rotatable bonds is 3. The largest absolute Gasteiger partial charge is 0.465 e. The van der Waals surface area contributed by atoms with Crippen LogP contribution in [0.15, 0.2) is 22.7 Å². The van der Waals surface area contributed by atoms with Gasteiger partial charge in [-0.3, -0.25) is 0 Å². The van der Waals surface area contributed by atoms with E-state index >= 15 is 0 Å². The number of aliphatic hydroxyl groups is 1. The molecule has 1 unspecified atom stereocenters. The third-order valence-corrected chi connectivity index (χ3v) is 2.77. The lowest BCUT2D eigenvalue weighted by atomic mass is 9.98. The third-order valence-electron chi connectivity index (χ3n) is 2.31. The second kappa shape index (κ2) is 5.46. The van der Waals surface area contributed by atoms with Gasteiger partial charge in [-0.25, -0.2) is 4.79 Å². The van der Waals surface area contributed by atoms with Gasteiger partial charge in [-0.2, -0.15) is 0 Å². The molecule has 1 N–H and O–H groups in total. The van der Waals surface area contributed by atoms with E-state index in [1.807, 2.05) is 13.8 Å². The maximum atomic E-state index is 11.4. The van der Waals surface area contributed by atoms with Gasteiger partial charge in [0.15, 0.2) is 0 Å². The summed E-state index contributed by atoms with van der Waals surface area (Å²) in [5, 5.41) is 9.93. The highest BCUT2D eigenvalue weighted by molar-refractivity contribution is 9.10. The van der Waals surface area contributed by atoms with Crippen molar-refractivity contribution in [3.63, 3.8) is 0 Å². The topological polar surface area (TPSA) is 46.5 Å². The number of hydrogen-bond acceptors (Lipinski definition) is 3. The van der Waals surface area contributed by atoms with Gasteiger partial charge in [0.2, 0.25) is 0 Å². The molecule has 0 fully saturated rings. The molecule has 0 aliphatic rings. The molecule has 0 aliphatic carbocycles. The van der Waals surface area contributed by atoms with Gasteiger partial charge in [0.25, 0.3) is 0 Å². The molecule has 0 aliphatic heterocycles. The molecule has 16 heavy (non-hydrogen) atoms. The molecule has 1 aromatic carbocycles. The van der Waals surface area contributed by atoms with E-state index < -0.39 is 12.1 Å². The number of benzene rings is 1. The molecule has 0 radical (unpaired) electrons. The smallest absolute Gasteiger partial charge is 0.337 e. The highest BCUT2D eigenvalue weighted by atomic mass is 79.9. The standard InChI is InChI=1S/C12H15BrO3/c1-7(2)11(14)8-4-9(12(15)16-3)6-10(13)5-8/h4-7,11,14H,1-3H3. The van der Waals surface area contributed by atoms with Crippen molar-refractivity contribution >= 4 is 21.9 Å². The van der Waals surface area contributed by atoms with Crippen LogP contribution in [0.1, 0.15) is 35.9 Å². The summed E-state index contributed by atoms with van der Waals surface area (Å²) in [6, 6.07) is 5.13. The Morgan fingerprint density at radius 2 is 2.00 bits per heavy atom. The van der Waals surface area contributed by atoms with E-state index in [0.717, 1.165) is 4.47 Å². The van der Waals surface area contributed by atoms with Crippen LogP contribution in [0.4, 0.5) is 0 Å². The summed E-state index contributed by atoms with van der Waals surface area (Å²) < 4.78 is 5.40. The third kappa shape index (κ3) is 3.06. The van der Waals surface area contributed by atoms with Crippen molar-refractivity contribution in [3.05, 3.63) is 33.8 Å². The van der Waals surface area contributed by atoms with Crippen molar-refractivity contribution in [2.45, 2.75) is 20.0 Å². The molecule has 0 saturated carbocycles. The first-order chi connectivity index (χ1) is 7.45. The number of esters is 1. The van der Waals surface area contributed by atoms with Crippen molar-refractivity contribution in [1.82, 2.24) is 0 Å². The monoisotopic (exact) mass is 286 g/mol. The number of aliphatic hydroxyl groups excluding tert-OH is 1. The van der Waals surface area contributed by atoms with Gasteiger partial charge in [-0.1, -0.05) is 29.8 Å². The summed E-state index contributed by atoms with van der Waals surface area (Å²) in [5.41, 5.74) is 1.15. The van der Waals surface area contributed by atoms with Crippen LogP contribution < -0.4 is 0 Å². The minimum absolute atomic E-state index is 0.0970. The Labute approximate surface area is 104 Å². The second-order valence-corrected chi connectivity index (χ2v) is 4.87. The predicted molar refractivity (Wildman–Crippen MR) is 65.3 cm³/mol. The minimum atomic E-state index is -0.582. The number of carbonyl (C=O) groups excluding carboxylic acids is 1. The minimum Gasteiger partial charge on any atom is -0.465 e. The molecule has 0 amide bonds. The summed E-state index contributed by atoms with van der Waals surface area (Å²) in [4.78, 5) is 11.4. The molecular formula is C12H15BrO3. The van der Waals surface area contributed by atoms with Gasteiger partial charge in [-0.15, -0.1) is 0 Å². The summed E-state index contributed by atoms with van der Waals surface area (Å²) in [6.07, 6.45) is -0.582. The highest BCUT2D eigenvalue weighted by Crippen LogP contribution is 2.26. The SMILES string of the molecule is COC(=O)c1cc(Br)cc(C(O)C(C)C)c1. The maximum absolute atomic E-state index is 11.4. The summed E-state index contributed by atoms with van der Waals surface area (Å²) >= 11 is 3.31. The second-order valence-electron chi connectivity index (χ2n) is 3.95. The number of carbonyl (C=O) groups is 1. The van der Waals surface area contributed by atoms with E-state index in [-0.39, 0.29) is 5.92 Å². The Morgan fingerprint density at radius 1 is 1.38 bits per heavy atom. The Kier molecular flexibility index (Phi) is 4.50. The van der Waals surface area contributed by atoms with Gasteiger partial charge in [0.1, 0.15) is 0 Å². The van der Waals surface area contributed by atoms with Gasteiger partial charge < -0.3 is 9.84 Å². The first-order valence-corrected chi connectivity index (χ1v) is 5.82. The maximum Gasteiger partial charge on any atom is 0.337 e. The van der Waals surface area contributed by atoms with E-state index in [2.05, 4.69) is 20.7 Å². The molecule has 0 saturated heterocycles. The Morgan fingerprint density at radius 3 is 2.50 bits per heavy atom. The van der Waals surface area contributed by atoms with E-state index in [0.29, 0.717) is 11.1 Å².